The summed E-state index contributed by atoms with van der Waals surface area (Å²) in [5.41, 5.74) is -0.122. The van der Waals surface area contributed by atoms with Gasteiger partial charge in [0.05, 0.1) is 11.3 Å². The number of aromatic nitrogens is 1. The Labute approximate surface area is 106 Å². The molecule has 0 radical (unpaired) electrons. The summed E-state index contributed by atoms with van der Waals surface area (Å²) in [5.74, 6) is 0.444. The van der Waals surface area contributed by atoms with E-state index in [1.165, 1.54) is 4.31 Å². The van der Waals surface area contributed by atoms with Crippen molar-refractivity contribution in [1.82, 2.24) is 9.46 Å². The van der Waals surface area contributed by atoms with E-state index in [1.807, 2.05) is 0 Å². The maximum atomic E-state index is 12.0. The third-order valence-corrected chi connectivity index (χ3v) is 5.33. The molecular formula is C11H16N2O4S. The molecule has 1 aromatic heterocycles. The molecule has 1 aromatic rings. The Balaban J connectivity index is 1.65. The Morgan fingerprint density at radius 3 is 2.72 bits per heavy atom. The molecule has 6 nitrogen and oxygen atoms in total. The van der Waals surface area contributed by atoms with Crippen molar-refractivity contribution in [2.24, 2.45) is 5.92 Å². The van der Waals surface area contributed by atoms with Crippen molar-refractivity contribution in [3.63, 3.8) is 0 Å². The van der Waals surface area contributed by atoms with Gasteiger partial charge in [0.1, 0.15) is 5.75 Å². The predicted octanol–water partition coefficient (Wildman–Crippen LogP) is 0.270. The first-order valence-corrected chi connectivity index (χ1v) is 7.62. The van der Waals surface area contributed by atoms with Crippen LogP contribution >= 0.6 is 0 Å². The molecule has 100 valence electrons. The van der Waals surface area contributed by atoms with Gasteiger partial charge < -0.3 is 9.63 Å². The zero-order valence-corrected chi connectivity index (χ0v) is 11.0. The van der Waals surface area contributed by atoms with Crippen molar-refractivity contribution in [3.8, 4) is 0 Å². The highest BCUT2D eigenvalue weighted by molar-refractivity contribution is 7.88. The lowest BCUT2D eigenvalue weighted by atomic mass is 9.91. The number of sulfonamides is 1. The summed E-state index contributed by atoms with van der Waals surface area (Å²) in [6.07, 6.45) is 2.01. The second kappa shape index (κ2) is 3.79. The van der Waals surface area contributed by atoms with Crippen LogP contribution in [0.2, 0.25) is 0 Å². The van der Waals surface area contributed by atoms with E-state index >= 15 is 0 Å². The molecule has 0 unspecified atom stereocenters. The van der Waals surface area contributed by atoms with Crippen LogP contribution in [-0.4, -0.2) is 41.7 Å². The van der Waals surface area contributed by atoms with Crippen LogP contribution < -0.4 is 0 Å². The SMILES string of the molecule is Cc1cc(CS(=O)(=O)N2CC(O)(C3CC3)C2)on1. The molecule has 1 aliphatic carbocycles. The van der Waals surface area contributed by atoms with Gasteiger partial charge in [0.25, 0.3) is 0 Å². The number of nitrogens with zero attached hydrogens (tertiary/aromatic N) is 2. The summed E-state index contributed by atoms with van der Waals surface area (Å²) in [6, 6.07) is 1.62. The summed E-state index contributed by atoms with van der Waals surface area (Å²) >= 11 is 0. The minimum Gasteiger partial charge on any atom is -0.387 e. The first kappa shape index (κ1) is 12.1. The zero-order chi connectivity index (χ0) is 13.0. The Kier molecular flexibility index (Phi) is 2.55. The number of β-amino-alcohol motifs (C(OH)–C–C–N with tert-alkyl or cyclic N) is 1. The van der Waals surface area contributed by atoms with Crippen molar-refractivity contribution in [3.05, 3.63) is 17.5 Å². The van der Waals surface area contributed by atoms with Crippen LogP contribution in [0.15, 0.2) is 10.6 Å². The number of aryl methyl sites for hydroxylation is 1. The van der Waals surface area contributed by atoms with Gasteiger partial charge in [0.2, 0.25) is 10.0 Å². The van der Waals surface area contributed by atoms with Gasteiger partial charge >= 0.3 is 0 Å². The van der Waals surface area contributed by atoms with Crippen molar-refractivity contribution in [2.45, 2.75) is 31.1 Å². The van der Waals surface area contributed by atoms with Crippen molar-refractivity contribution < 1.29 is 18.0 Å². The molecule has 2 aliphatic rings. The summed E-state index contributed by atoms with van der Waals surface area (Å²) in [6.45, 7) is 2.18. The molecule has 0 amide bonds. The Hall–Kier alpha value is -0.920. The van der Waals surface area contributed by atoms with Gasteiger partial charge in [-0.15, -0.1) is 0 Å². The highest BCUT2D eigenvalue weighted by Crippen LogP contribution is 2.45. The predicted molar refractivity (Wildman–Crippen MR) is 63.1 cm³/mol. The fourth-order valence-corrected chi connectivity index (χ4v) is 3.91. The van der Waals surface area contributed by atoms with Crippen LogP contribution in [0.4, 0.5) is 0 Å². The molecule has 1 saturated carbocycles. The summed E-state index contributed by atoms with van der Waals surface area (Å²) in [7, 11) is -3.40. The Morgan fingerprint density at radius 1 is 1.56 bits per heavy atom. The number of rotatable bonds is 4. The molecule has 2 heterocycles. The number of aliphatic hydroxyl groups is 1. The van der Waals surface area contributed by atoms with Crippen molar-refractivity contribution in [2.75, 3.05) is 13.1 Å². The maximum Gasteiger partial charge on any atom is 0.221 e. The normalized spacial score (nSPS) is 23.9. The smallest absolute Gasteiger partial charge is 0.221 e. The summed E-state index contributed by atoms with van der Waals surface area (Å²) < 4.78 is 30.3. The summed E-state index contributed by atoms with van der Waals surface area (Å²) in [4.78, 5) is 0. The van der Waals surface area contributed by atoms with Gasteiger partial charge in [-0.1, -0.05) is 5.16 Å². The quantitative estimate of drug-likeness (QED) is 0.850. The second-order valence-corrected chi connectivity index (χ2v) is 7.31. The molecule has 2 fully saturated rings. The monoisotopic (exact) mass is 272 g/mol. The van der Waals surface area contributed by atoms with Crippen LogP contribution in [0.3, 0.4) is 0 Å². The van der Waals surface area contributed by atoms with E-state index in [4.69, 9.17) is 4.52 Å². The van der Waals surface area contributed by atoms with Gasteiger partial charge in [-0.25, -0.2) is 8.42 Å². The zero-order valence-electron chi connectivity index (χ0n) is 10.2. The average molecular weight is 272 g/mol. The molecule has 1 N–H and O–H groups in total. The molecule has 18 heavy (non-hydrogen) atoms. The van der Waals surface area contributed by atoms with Gasteiger partial charge in [-0.3, -0.25) is 0 Å². The van der Waals surface area contributed by atoms with Crippen LogP contribution in [0.1, 0.15) is 24.3 Å². The number of hydrogen-bond acceptors (Lipinski definition) is 5. The third kappa shape index (κ3) is 2.06. The third-order valence-electron chi connectivity index (χ3n) is 3.63. The standard InChI is InChI=1S/C11H16N2O4S/c1-8-4-10(17-12-8)5-18(15,16)13-6-11(14,7-13)9-2-3-9/h4,9,14H,2-3,5-7H2,1H3. The largest absolute Gasteiger partial charge is 0.387 e. The lowest BCUT2D eigenvalue weighted by Gasteiger charge is -2.45. The van der Waals surface area contributed by atoms with Crippen LogP contribution in [0.5, 0.6) is 0 Å². The summed E-state index contributed by atoms with van der Waals surface area (Å²) in [5, 5.41) is 13.8. The van der Waals surface area contributed by atoms with Crippen LogP contribution in [0, 0.1) is 12.8 Å². The van der Waals surface area contributed by atoms with Crippen molar-refractivity contribution in [1.29, 1.82) is 0 Å². The highest BCUT2D eigenvalue weighted by Gasteiger charge is 2.55. The topological polar surface area (TPSA) is 83.6 Å². The molecule has 0 spiro atoms. The number of hydrogen-bond donors (Lipinski definition) is 1. The second-order valence-electron chi connectivity index (χ2n) is 5.34. The fourth-order valence-electron chi connectivity index (χ4n) is 2.40. The van der Waals surface area contributed by atoms with E-state index in [1.54, 1.807) is 13.0 Å². The lowest BCUT2D eigenvalue weighted by molar-refractivity contribution is -0.0766. The van der Waals surface area contributed by atoms with Crippen molar-refractivity contribution >= 4 is 10.0 Å². The first-order valence-electron chi connectivity index (χ1n) is 6.01. The van der Waals surface area contributed by atoms with E-state index in [0.29, 0.717) is 11.5 Å². The van der Waals surface area contributed by atoms with E-state index in [9.17, 15) is 13.5 Å². The van der Waals surface area contributed by atoms with Crippen LogP contribution in [-0.2, 0) is 15.8 Å². The van der Waals surface area contributed by atoms with E-state index < -0.39 is 15.6 Å². The molecule has 3 rings (SSSR count). The lowest BCUT2D eigenvalue weighted by Crippen LogP contribution is -2.64. The molecule has 0 atom stereocenters. The Morgan fingerprint density at radius 2 is 2.22 bits per heavy atom. The van der Waals surface area contributed by atoms with Gasteiger partial charge in [-0.2, -0.15) is 4.31 Å². The Bertz CT molecular complexity index is 555. The molecule has 0 aromatic carbocycles. The molecule has 0 bridgehead atoms. The minimum absolute atomic E-state index is 0.186. The fraction of sp³-hybridized carbons (Fsp3) is 0.727. The molecule has 1 saturated heterocycles. The maximum absolute atomic E-state index is 12.0. The van der Waals surface area contributed by atoms with Crippen LogP contribution in [0.25, 0.3) is 0 Å². The highest BCUT2D eigenvalue weighted by atomic mass is 32.2. The molecular weight excluding hydrogens is 256 g/mol. The molecule has 1 aliphatic heterocycles. The van der Waals surface area contributed by atoms with Gasteiger partial charge in [-0.05, 0) is 25.7 Å². The average Bonchev–Trinajstić information content (AvgIpc) is 2.99. The van der Waals surface area contributed by atoms with Gasteiger partial charge in [0.15, 0.2) is 5.76 Å². The minimum atomic E-state index is -3.40. The van der Waals surface area contributed by atoms with Gasteiger partial charge in [0, 0.05) is 19.2 Å². The first-order chi connectivity index (χ1) is 8.39. The van der Waals surface area contributed by atoms with E-state index in [2.05, 4.69) is 5.16 Å². The molecule has 7 heteroatoms. The van der Waals surface area contributed by atoms with E-state index in [-0.39, 0.29) is 24.8 Å². The van der Waals surface area contributed by atoms with E-state index in [0.717, 1.165) is 12.8 Å².